The van der Waals surface area contributed by atoms with Crippen LogP contribution in [0.15, 0.2) is 83.0 Å². The standard InChI is InChI=1S/C19H13N3OS/c20-13-16(17-5-1-3-11-21-17)19(23)14-7-9-15(10-8-14)24-18-6-2-4-12-22-18/h1-12,16H/t16-/m1/s1. The van der Waals surface area contributed by atoms with E-state index in [9.17, 15) is 10.1 Å². The van der Waals surface area contributed by atoms with Crippen molar-refractivity contribution in [3.63, 3.8) is 0 Å². The van der Waals surface area contributed by atoms with Gasteiger partial charge in [0.25, 0.3) is 0 Å². The molecular formula is C19H13N3OS. The topological polar surface area (TPSA) is 66.6 Å². The molecule has 4 nitrogen and oxygen atoms in total. The van der Waals surface area contributed by atoms with Crippen molar-refractivity contribution in [2.45, 2.75) is 15.8 Å². The molecule has 116 valence electrons. The first-order chi connectivity index (χ1) is 11.8. The zero-order valence-electron chi connectivity index (χ0n) is 12.7. The molecule has 0 amide bonds. The summed E-state index contributed by atoms with van der Waals surface area (Å²) in [4.78, 5) is 21.9. The number of carbonyl (C=O) groups is 1. The summed E-state index contributed by atoms with van der Waals surface area (Å²) in [5.74, 6) is -1.13. The Morgan fingerprint density at radius 3 is 2.25 bits per heavy atom. The minimum atomic E-state index is -0.888. The molecule has 3 rings (SSSR count). The molecule has 3 aromatic rings. The SMILES string of the molecule is N#C[C@@H](C(=O)c1ccc(Sc2ccccn2)cc1)c1ccccn1. The fraction of sp³-hybridized carbons (Fsp3) is 0.0526. The van der Waals surface area contributed by atoms with Crippen molar-refractivity contribution in [2.75, 3.05) is 0 Å². The second kappa shape index (κ2) is 7.53. The van der Waals surface area contributed by atoms with Gasteiger partial charge in [-0.1, -0.05) is 36.0 Å². The Hall–Kier alpha value is -2.97. The maximum absolute atomic E-state index is 12.6. The van der Waals surface area contributed by atoms with E-state index in [1.54, 1.807) is 42.7 Å². The highest BCUT2D eigenvalue weighted by Crippen LogP contribution is 2.27. The summed E-state index contributed by atoms with van der Waals surface area (Å²) in [7, 11) is 0. The van der Waals surface area contributed by atoms with Crippen molar-refractivity contribution >= 4 is 17.5 Å². The number of ketones is 1. The minimum absolute atomic E-state index is 0.245. The normalized spacial score (nSPS) is 11.5. The maximum atomic E-state index is 12.6. The van der Waals surface area contributed by atoms with E-state index in [2.05, 4.69) is 9.97 Å². The fourth-order valence-corrected chi connectivity index (χ4v) is 2.96. The van der Waals surface area contributed by atoms with E-state index in [-0.39, 0.29) is 5.78 Å². The van der Waals surface area contributed by atoms with Gasteiger partial charge in [0.1, 0.15) is 5.03 Å². The molecule has 5 heteroatoms. The third-order valence-corrected chi connectivity index (χ3v) is 4.33. The van der Waals surface area contributed by atoms with E-state index in [4.69, 9.17) is 0 Å². The maximum Gasteiger partial charge on any atom is 0.186 e. The van der Waals surface area contributed by atoms with Gasteiger partial charge in [-0.05, 0) is 36.4 Å². The van der Waals surface area contributed by atoms with E-state index in [0.29, 0.717) is 11.3 Å². The molecule has 0 radical (unpaired) electrons. The van der Waals surface area contributed by atoms with Crippen LogP contribution in [-0.4, -0.2) is 15.8 Å². The molecule has 0 aliphatic carbocycles. The Morgan fingerprint density at radius 1 is 0.958 bits per heavy atom. The predicted octanol–water partition coefficient (Wildman–Crippen LogP) is 4.12. The lowest BCUT2D eigenvalue weighted by Gasteiger charge is -2.08. The smallest absolute Gasteiger partial charge is 0.186 e. The molecule has 0 saturated carbocycles. The van der Waals surface area contributed by atoms with E-state index in [1.165, 1.54) is 11.8 Å². The van der Waals surface area contributed by atoms with Gasteiger partial charge in [-0.15, -0.1) is 0 Å². The first-order valence-corrected chi connectivity index (χ1v) is 8.13. The first-order valence-electron chi connectivity index (χ1n) is 7.31. The number of aromatic nitrogens is 2. The Morgan fingerprint density at radius 2 is 1.67 bits per heavy atom. The van der Waals surface area contributed by atoms with Crippen molar-refractivity contribution in [1.29, 1.82) is 5.26 Å². The van der Waals surface area contributed by atoms with Gasteiger partial charge in [-0.3, -0.25) is 9.78 Å². The molecule has 0 unspecified atom stereocenters. The van der Waals surface area contributed by atoms with Crippen LogP contribution in [0.5, 0.6) is 0 Å². The monoisotopic (exact) mass is 331 g/mol. The summed E-state index contributed by atoms with van der Waals surface area (Å²) >= 11 is 1.52. The first kappa shape index (κ1) is 15.9. The van der Waals surface area contributed by atoms with E-state index >= 15 is 0 Å². The zero-order chi connectivity index (χ0) is 16.8. The molecule has 1 aromatic carbocycles. The average molecular weight is 331 g/mol. The van der Waals surface area contributed by atoms with Crippen LogP contribution in [-0.2, 0) is 0 Å². The van der Waals surface area contributed by atoms with Crippen molar-refractivity contribution in [2.24, 2.45) is 0 Å². The van der Waals surface area contributed by atoms with Crippen molar-refractivity contribution in [3.8, 4) is 6.07 Å². The highest BCUT2D eigenvalue weighted by molar-refractivity contribution is 7.99. The summed E-state index contributed by atoms with van der Waals surface area (Å²) in [6, 6.07) is 20.2. The van der Waals surface area contributed by atoms with Gasteiger partial charge >= 0.3 is 0 Å². The van der Waals surface area contributed by atoms with Crippen LogP contribution < -0.4 is 0 Å². The molecule has 2 aromatic heterocycles. The van der Waals surface area contributed by atoms with Crippen LogP contribution in [0.1, 0.15) is 22.0 Å². The van der Waals surface area contributed by atoms with Gasteiger partial charge in [0, 0.05) is 22.9 Å². The number of benzene rings is 1. The number of rotatable bonds is 5. The van der Waals surface area contributed by atoms with Gasteiger partial charge in [0.2, 0.25) is 0 Å². The molecule has 0 saturated heterocycles. The lowest BCUT2D eigenvalue weighted by molar-refractivity contribution is 0.0977. The van der Waals surface area contributed by atoms with Gasteiger partial charge in [0.15, 0.2) is 11.7 Å². The van der Waals surface area contributed by atoms with Crippen LogP contribution in [0.25, 0.3) is 0 Å². The van der Waals surface area contributed by atoms with Gasteiger partial charge in [-0.25, -0.2) is 4.98 Å². The van der Waals surface area contributed by atoms with Crippen LogP contribution >= 0.6 is 11.8 Å². The molecule has 0 fully saturated rings. The highest BCUT2D eigenvalue weighted by atomic mass is 32.2. The molecule has 24 heavy (non-hydrogen) atoms. The van der Waals surface area contributed by atoms with E-state index < -0.39 is 5.92 Å². The Balaban J connectivity index is 1.77. The average Bonchev–Trinajstić information content (AvgIpc) is 2.65. The highest BCUT2D eigenvalue weighted by Gasteiger charge is 2.22. The molecule has 1 atom stereocenters. The van der Waals surface area contributed by atoms with Crippen LogP contribution in [0.2, 0.25) is 0 Å². The third-order valence-electron chi connectivity index (χ3n) is 3.37. The number of pyridine rings is 2. The zero-order valence-corrected chi connectivity index (χ0v) is 13.5. The van der Waals surface area contributed by atoms with E-state index in [1.807, 2.05) is 36.4 Å². The Kier molecular flexibility index (Phi) is 4.99. The number of nitriles is 1. The van der Waals surface area contributed by atoms with Gasteiger partial charge < -0.3 is 0 Å². The number of Topliss-reactive ketones (excluding diaryl/α,β-unsaturated/α-hetero) is 1. The number of hydrogen-bond donors (Lipinski definition) is 0. The van der Waals surface area contributed by atoms with Crippen LogP contribution in [0.3, 0.4) is 0 Å². The molecule has 2 heterocycles. The fourth-order valence-electron chi connectivity index (χ4n) is 2.19. The number of carbonyl (C=O) groups excluding carboxylic acids is 1. The second-order valence-electron chi connectivity index (χ2n) is 4.98. The largest absolute Gasteiger partial charge is 0.292 e. The lowest BCUT2D eigenvalue weighted by Crippen LogP contribution is -2.12. The summed E-state index contributed by atoms with van der Waals surface area (Å²) in [5, 5.41) is 10.2. The van der Waals surface area contributed by atoms with Crippen molar-refractivity contribution in [1.82, 2.24) is 9.97 Å². The predicted molar refractivity (Wildman–Crippen MR) is 91.7 cm³/mol. The quantitative estimate of drug-likeness (QED) is 0.658. The van der Waals surface area contributed by atoms with Crippen LogP contribution in [0, 0.1) is 11.3 Å². The van der Waals surface area contributed by atoms with Crippen molar-refractivity contribution < 1.29 is 4.79 Å². The molecule has 0 aliphatic rings. The lowest BCUT2D eigenvalue weighted by atomic mass is 9.95. The molecule has 0 spiro atoms. The van der Waals surface area contributed by atoms with E-state index in [0.717, 1.165) is 9.92 Å². The summed E-state index contributed by atoms with van der Waals surface area (Å²) in [6.45, 7) is 0. The van der Waals surface area contributed by atoms with Crippen molar-refractivity contribution in [3.05, 3.63) is 84.3 Å². The van der Waals surface area contributed by atoms with Gasteiger partial charge in [-0.2, -0.15) is 5.26 Å². The number of hydrogen-bond acceptors (Lipinski definition) is 5. The Labute approximate surface area is 144 Å². The summed E-state index contributed by atoms with van der Waals surface area (Å²) in [6.07, 6.45) is 3.32. The summed E-state index contributed by atoms with van der Waals surface area (Å²) < 4.78 is 0. The molecular weight excluding hydrogens is 318 g/mol. The molecule has 0 N–H and O–H groups in total. The minimum Gasteiger partial charge on any atom is -0.292 e. The third kappa shape index (κ3) is 3.67. The van der Waals surface area contributed by atoms with Crippen LogP contribution in [0.4, 0.5) is 0 Å². The molecule has 0 aliphatic heterocycles. The molecule has 0 bridgehead atoms. The number of nitrogens with zero attached hydrogens (tertiary/aromatic N) is 3. The Bertz CT molecular complexity index is 859. The summed E-state index contributed by atoms with van der Waals surface area (Å²) in [5.41, 5.74) is 0.967. The second-order valence-corrected chi connectivity index (χ2v) is 6.07. The van der Waals surface area contributed by atoms with Gasteiger partial charge in [0.05, 0.1) is 11.8 Å².